The van der Waals surface area contributed by atoms with Crippen molar-refractivity contribution >= 4 is 6.08 Å². The van der Waals surface area contributed by atoms with Gasteiger partial charge in [0, 0.05) is 0 Å². The molecule has 0 heterocycles. The first-order valence-electron chi connectivity index (χ1n) is 9.17. The molecule has 143 valence electrons. The normalized spacial score (nSPS) is 16.2. The van der Waals surface area contributed by atoms with Crippen molar-refractivity contribution < 1.29 is 49.5 Å². The van der Waals surface area contributed by atoms with Gasteiger partial charge in [0.1, 0.15) is 0 Å². The Morgan fingerprint density at radius 2 is 1.33 bits per heavy atom. The van der Waals surface area contributed by atoms with Crippen LogP contribution in [0.15, 0.2) is 42.0 Å². The minimum absolute atomic E-state index is 0. The van der Waals surface area contributed by atoms with Gasteiger partial charge in [-0.2, -0.15) is 0 Å². The van der Waals surface area contributed by atoms with Crippen LogP contribution in [0.2, 0.25) is 0 Å². The van der Waals surface area contributed by atoms with E-state index < -0.39 is 0 Å². The van der Waals surface area contributed by atoms with Gasteiger partial charge >= 0.3 is 169 Å². The molecule has 1 atom stereocenters. The molecule has 0 spiro atoms. The second-order valence-electron chi connectivity index (χ2n) is 9.43. The van der Waals surface area contributed by atoms with Gasteiger partial charge in [-0.1, -0.05) is 0 Å². The van der Waals surface area contributed by atoms with Crippen LogP contribution >= 0.6 is 0 Å². The number of hydrogen-bond acceptors (Lipinski definition) is 0. The van der Waals surface area contributed by atoms with Gasteiger partial charge in [-0.05, 0) is 0 Å². The van der Waals surface area contributed by atoms with E-state index in [1.807, 2.05) is 0 Å². The monoisotopic (exact) mass is 477 g/mol. The van der Waals surface area contributed by atoms with E-state index in [0.717, 1.165) is 0 Å². The predicted molar refractivity (Wildman–Crippen MR) is 106 cm³/mol. The minimum Gasteiger partial charge on any atom is -1.00 e. The van der Waals surface area contributed by atoms with Gasteiger partial charge in [0.15, 0.2) is 0 Å². The second-order valence-corrected chi connectivity index (χ2v) is 10.8. The van der Waals surface area contributed by atoms with Crippen LogP contribution in [0.25, 0.3) is 17.2 Å². The SMILES string of the molecule is CC1=Cc2c(-c3cc(C(C)(C)C)cc(C(C)(C)C)c3)cccc2[CH]1[Zr+2].[Cl-].[Cl-]. The van der Waals surface area contributed by atoms with Gasteiger partial charge in [0.05, 0.1) is 0 Å². The Balaban J connectivity index is 0.00000182. The number of allylic oxidation sites excluding steroid dienone is 1. The molecule has 1 aliphatic rings. The molecule has 0 saturated heterocycles. The predicted octanol–water partition coefficient (Wildman–Crippen LogP) is 0.961. The molecule has 2 aromatic rings. The molecular weight excluding hydrogens is 450 g/mol. The van der Waals surface area contributed by atoms with Crippen molar-refractivity contribution in [2.75, 3.05) is 0 Å². The first kappa shape index (κ1) is 24.7. The summed E-state index contributed by atoms with van der Waals surface area (Å²) in [6.07, 6.45) is 2.41. The van der Waals surface area contributed by atoms with Crippen molar-refractivity contribution in [2.24, 2.45) is 0 Å². The van der Waals surface area contributed by atoms with E-state index in [2.05, 4.69) is 90.9 Å². The third kappa shape index (κ3) is 4.98. The number of hydrogen-bond donors (Lipinski definition) is 0. The van der Waals surface area contributed by atoms with Crippen molar-refractivity contribution in [3.8, 4) is 11.1 Å². The van der Waals surface area contributed by atoms with E-state index in [1.54, 1.807) is 24.7 Å². The third-order valence-corrected chi connectivity index (χ3v) is 7.14. The van der Waals surface area contributed by atoms with Gasteiger partial charge in [0.2, 0.25) is 0 Å². The standard InChI is InChI=1S/C24H29.2ClH.Zr/c1-16-11-17-9-8-10-21(22(17)12-16)18-13-19(23(2,3)4)15-20(14-18)24(5,6)7;;;/h8-15H,1-7H3;2*1H;/q;;;+2/p-2. The largest absolute Gasteiger partial charge is 1.00 e. The summed E-state index contributed by atoms with van der Waals surface area (Å²) in [4.78, 5) is 0. The van der Waals surface area contributed by atoms with E-state index in [4.69, 9.17) is 0 Å². The Hall–Kier alpha value is -0.357. The summed E-state index contributed by atoms with van der Waals surface area (Å²) >= 11 is 1.58. The molecule has 1 aliphatic carbocycles. The molecule has 0 aliphatic heterocycles. The Morgan fingerprint density at radius 1 is 0.815 bits per heavy atom. The fourth-order valence-corrected chi connectivity index (χ4v) is 4.28. The van der Waals surface area contributed by atoms with Crippen LogP contribution in [-0.4, -0.2) is 0 Å². The number of fused-ring (bicyclic) bond motifs is 1. The summed E-state index contributed by atoms with van der Waals surface area (Å²) in [5.74, 6) is 0. The van der Waals surface area contributed by atoms with Gasteiger partial charge < -0.3 is 24.8 Å². The van der Waals surface area contributed by atoms with Crippen LogP contribution in [0.1, 0.15) is 74.3 Å². The third-order valence-electron chi connectivity index (χ3n) is 5.25. The summed E-state index contributed by atoms with van der Waals surface area (Å²) in [5, 5.41) is 0. The molecule has 2 aromatic carbocycles. The van der Waals surface area contributed by atoms with E-state index in [-0.39, 0.29) is 35.6 Å². The molecule has 0 fully saturated rings. The Kier molecular flexibility index (Phi) is 7.83. The van der Waals surface area contributed by atoms with Gasteiger partial charge in [-0.25, -0.2) is 0 Å². The zero-order chi connectivity index (χ0) is 18.6. The van der Waals surface area contributed by atoms with E-state index >= 15 is 0 Å². The quantitative estimate of drug-likeness (QED) is 0.572. The Bertz CT molecular complexity index is 819. The summed E-state index contributed by atoms with van der Waals surface area (Å²) in [6, 6.07) is 14.1. The average molecular weight is 480 g/mol. The van der Waals surface area contributed by atoms with Crippen LogP contribution in [0.4, 0.5) is 0 Å². The Morgan fingerprint density at radius 3 is 1.81 bits per heavy atom. The molecule has 0 aromatic heterocycles. The van der Waals surface area contributed by atoms with Crippen LogP contribution in [0, 0.1) is 0 Å². The van der Waals surface area contributed by atoms with Crippen LogP contribution < -0.4 is 24.8 Å². The number of halogens is 2. The fourth-order valence-electron chi connectivity index (χ4n) is 3.45. The molecule has 0 saturated carbocycles. The fraction of sp³-hybridized carbons (Fsp3) is 0.417. The maximum atomic E-state index is 2.41. The molecule has 27 heavy (non-hydrogen) atoms. The van der Waals surface area contributed by atoms with Crippen molar-refractivity contribution in [2.45, 2.75) is 62.9 Å². The summed E-state index contributed by atoms with van der Waals surface area (Å²) in [6.45, 7) is 16.1. The minimum atomic E-state index is 0. The van der Waals surface area contributed by atoms with Gasteiger partial charge in [-0.3, -0.25) is 0 Å². The second kappa shape index (κ2) is 8.56. The summed E-state index contributed by atoms with van der Waals surface area (Å²) in [5.41, 5.74) is 10.3. The molecule has 3 heteroatoms. The molecule has 3 rings (SSSR count). The number of benzene rings is 2. The molecule has 0 radical (unpaired) electrons. The molecule has 1 unspecified atom stereocenters. The van der Waals surface area contributed by atoms with Gasteiger partial charge in [-0.15, -0.1) is 0 Å². The smallest absolute Gasteiger partial charge is 1.00 e. The average Bonchev–Trinajstić information content (AvgIpc) is 2.80. The van der Waals surface area contributed by atoms with Gasteiger partial charge in [0.25, 0.3) is 0 Å². The number of rotatable bonds is 1. The zero-order valence-corrected chi connectivity index (χ0v) is 21.3. The van der Waals surface area contributed by atoms with Crippen LogP contribution in [0.3, 0.4) is 0 Å². The van der Waals surface area contributed by atoms with Crippen molar-refractivity contribution in [3.63, 3.8) is 0 Å². The molecule has 0 nitrogen and oxygen atoms in total. The van der Waals surface area contributed by atoms with Crippen LogP contribution in [-0.2, 0) is 35.5 Å². The van der Waals surface area contributed by atoms with Crippen molar-refractivity contribution in [3.05, 3.63) is 64.2 Å². The summed E-state index contributed by atoms with van der Waals surface area (Å²) in [7, 11) is 0. The molecule has 0 bridgehead atoms. The Labute approximate surface area is 192 Å². The zero-order valence-electron chi connectivity index (χ0n) is 17.4. The first-order chi connectivity index (χ1) is 11.5. The van der Waals surface area contributed by atoms with E-state index in [1.165, 1.54) is 39.0 Å². The molecule has 0 N–H and O–H groups in total. The molecular formula is C24H29Cl2Zr. The van der Waals surface area contributed by atoms with Crippen molar-refractivity contribution in [1.29, 1.82) is 0 Å². The van der Waals surface area contributed by atoms with E-state index in [9.17, 15) is 0 Å². The first-order valence-corrected chi connectivity index (χ1v) is 10.6. The topological polar surface area (TPSA) is 0 Å². The summed E-state index contributed by atoms with van der Waals surface area (Å²) < 4.78 is 0.620. The molecule has 0 amide bonds. The maximum Gasteiger partial charge on any atom is -1.00 e. The van der Waals surface area contributed by atoms with Crippen LogP contribution in [0.5, 0.6) is 0 Å². The van der Waals surface area contributed by atoms with Crippen molar-refractivity contribution in [1.82, 2.24) is 0 Å². The van der Waals surface area contributed by atoms with E-state index in [0.29, 0.717) is 3.63 Å². The maximum absolute atomic E-state index is 2.41.